The van der Waals surface area contributed by atoms with Crippen molar-refractivity contribution in [2.45, 2.75) is 33.2 Å². The molecule has 3 nitrogen and oxygen atoms in total. The molecule has 1 atom stereocenters. The molecule has 13 heavy (non-hydrogen) atoms. The third-order valence-corrected chi connectivity index (χ3v) is 2.15. The third kappa shape index (κ3) is 4.08. The van der Waals surface area contributed by atoms with Crippen LogP contribution in [-0.2, 0) is 6.54 Å². The first-order valence-corrected chi connectivity index (χ1v) is 5.02. The van der Waals surface area contributed by atoms with Crippen LogP contribution in [0.3, 0.4) is 0 Å². The summed E-state index contributed by atoms with van der Waals surface area (Å²) >= 11 is 0. The zero-order valence-electron chi connectivity index (χ0n) is 8.51. The maximum atomic E-state index is 3.89. The minimum Gasteiger partial charge on any atom is -0.311 e. The summed E-state index contributed by atoms with van der Waals surface area (Å²) in [7, 11) is 0. The fraction of sp³-hybridized carbons (Fsp3) is 0.700. The number of nitrogens with zero attached hydrogens (tertiary/aromatic N) is 1. The van der Waals surface area contributed by atoms with E-state index in [4.69, 9.17) is 0 Å². The molecule has 0 aliphatic heterocycles. The van der Waals surface area contributed by atoms with Crippen LogP contribution in [-0.4, -0.2) is 16.7 Å². The lowest BCUT2D eigenvalue weighted by Crippen LogP contribution is -2.20. The Bertz CT molecular complexity index is 206. The smallest absolute Gasteiger partial charge is 0.0490 e. The van der Waals surface area contributed by atoms with E-state index >= 15 is 0 Å². The van der Waals surface area contributed by atoms with Crippen molar-refractivity contribution in [1.82, 2.24) is 15.5 Å². The summed E-state index contributed by atoms with van der Waals surface area (Å²) in [6, 6.07) is 2.00. The maximum absolute atomic E-state index is 3.89. The number of H-pyrrole nitrogens is 1. The van der Waals surface area contributed by atoms with Crippen LogP contribution in [0.2, 0.25) is 0 Å². The molecular weight excluding hydrogens is 162 g/mol. The van der Waals surface area contributed by atoms with Crippen LogP contribution in [0.4, 0.5) is 0 Å². The van der Waals surface area contributed by atoms with Crippen LogP contribution in [0.25, 0.3) is 0 Å². The van der Waals surface area contributed by atoms with E-state index in [1.165, 1.54) is 12.8 Å². The highest BCUT2D eigenvalue weighted by molar-refractivity contribution is 4.96. The van der Waals surface area contributed by atoms with Gasteiger partial charge in [0.1, 0.15) is 0 Å². The zero-order valence-corrected chi connectivity index (χ0v) is 8.51. The van der Waals surface area contributed by atoms with Gasteiger partial charge in [-0.25, -0.2) is 0 Å². The largest absolute Gasteiger partial charge is 0.311 e. The van der Waals surface area contributed by atoms with Crippen molar-refractivity contribution in [3.8, 4) is 0 Å². The van der Waals surface area contributed by atoms with Crippen LogP contribution in [0.5, 0.6) is 0 Å². The molecule has 1 aromatic heterocycles. The van der Waals surface area contributed by atoms with E-state index in [1.807, 2.05) is 6.07 Å². The van der Waals surface area contributed by atoms with Crippen molar-refractivity contribution < 1.29 is 0 Å². The normalized spacial score (nSPS) is 13.1. The molecule has 0 saturated heterocycles. The van der Waals surface area contributed by atoms with Gasteiger partial charge >= 0.3 is 0 Å². The van der Waals surface area contributed by atoms with E-state index in [1.54, 1.807) is 6.20 Å². The van der Waals surface area contributed by atoms with Crippen LogP contribution in [0.1, 0.15) is 32.4 Å². The maximum Gasteiger partial charge on any atom is 0.0490 e. The number of aromatic amines is 1. The second-order valence-electron chi connectivity index (χ2n) is 3.61. The quantitative estimate of drug-likeness (QED) is 0.704. The Labute approximate surface area is 79.9 Å². The summed E-state index contributed by atoms with van der Waals surface area (Å²) < 4.78 is 0. The SMILES string of the molecule is CCCC(C)CNCc1ccn[nH]1. The molecular formula is C10H19N3. The van der Waals surface area contributed by atoms with E-state index in [2.05, 4.69) is 29.4 Å². The molecule has 3 heteroatoms. The minimum atomic E-state index is 0.771. The average molecular weight is 181 g/mol. The second kappa shape index (κ2) is 5.75. The molecule has 0 fully saturated rings. The van der Waals surface area contributed by atoms with Crippen molar-refractivity contribution in [3.05, 3.63) is 18.0 Å². The van der Waals surface area contributed by atoms with Crippen LogP contribution in [0, 0.1) is 5.92 Å². The predicted octanol–water partition coefficient (Wildman–Crippen LogP) is 1.94. The van der Waals surface area contributed by atoms with E-state index in [0.29, 0.717) is 0 Å². The van der Waals surface area contributed by atoms with E-state index in [-0.39, 0.29) is 0 Å². The van der Waals surface area contributed by atoms with Gasteiger partial charge in [-0.2, -0.15) is 5.10 Å². The highest BCUT2D eigenvalue weighted by atomic mass is 15.1. The molecule has 0 bridgehead atoms. The Balaban J connectivity index is 2.07. The molecule has 0 amide bonds. The highest BCUT2D eigenvalue weighted by Gasteiger charge is 1.99. The van der Waals surface area contributed by atoms with Gasteiger partial charge in [0, 0.05) is 18.4 Å². The topological polar surface area (TPSA) is 40.7 Å². The Hall–Kier alpha value is -0.830. The van der Waals surface area contributed by atoms with Crippen molar-refractivity contribution in [3.63, 3.8) is 0 Å². The van der Waals surface area contributed by atoms with Gasteiger partial charge in [0.05, 0.1) is 0 Å². The number of nitrogens with one attached hydrogen (secondary N) is 2. The summed E-state index contributed by atoms with van der Waals surface area (Å²) in [5, 5.41) is 10.2. The monoisotopic (exact) mass is 181 g/mol. The van der Waals surface area contributed by atoms with Crippen molar-refractivity contribution >= 4 is 0 Å². The van der Waals surface area contributed by atoms with E-state index < -0.39 is 0 Å². The molecule has 74 valence electrons. The molecule has 0 aliphatic carbocycles. The lowest BCUT2D eigenvalue weighted by molar-refractivity contribution is 0.474. The molecule has 1 unspecified atom stereocenters. The van der Waals surface area contributed by atoms with Gasteiger partial charge in [-0.15, -0.1) is 0 Å². The molecule has 0 saturated carbocycles. The van der Waals surface area contributed by atoms with Gasteiger partial charge < -0.3 is 5.32 Å². The molecule has 2 N–H and O–H groups in total. The highest BCUT2D eigenvalue weighted by Crippen LogP contribution is 2.02. The number of aromatic nitrogens is 2. The first kappa shape index (κ1) is 10.3. The standard InChI is InChI=1S/C10H19N3/c1-3-4-9(2)7-11-8-10-5-6-12-13-10/h5-6,9,11H,3-4,7-8H2,1-2H3,(H,12,13). The summed E-state index contributed by atoms with van der Waals surface area (Å²) in [6.45, 7) is 6.50. The second-order valence-corrected chi connectivity index (χ2v) is 3.61. The summed E-state index contributed by atoms with van der Waals surface area (Å²) in [5.74, 6) is 0.771. The first-order valence-electron chi connectivity index (χ1n) is 5.02. The Morgan fingerprint density at radius 1 is 1.62 bits per heavy atom. The lowest BCUT2D eigenvalue weighted by Gasteiger charge is -2.10. The van der Waals surface area contributed by atoms with Crippen molar-refractivity contribution in [2.75, 3.05) is 6.54 Å². The minimum absolute atomic E-state index is 0.771. The Kier molecular flexibility index (Phi) is 4.54. The van der Waals surface area contributed by atoms with Crippen LogP contribution in [0.15, 0.2) is 12.3 Å². The number of hydrogen-bond acceptors (Lipinski definition) is 2. The summed E-state index contributed by atoms with van der Waals surface area (Å²) in [4.78, 5) is 0. The fourth-order valence-electron chi connectivity index (χ4n) is 1.43. The van der Waals surface area contributed by atoms with Gasteiger partial charge in [0.2, 0.25) is 0 Å². The number of hydrogen-bond donors (Lipinski definition) is 2. The van der Waals surface area contributed by atoms with E-state index in [9.17, 15) is 0 Å². The predicted molar refractivity (Wildman–Crippen MR) is 54.4 cm³/mol. The molecule has 0 spiro atoms. The first-order chi connectivity index (χ1) is 6.33. The van der Waals surface area contributed by atoms with Gasteiger partial charge in [-0.1, -0.05) is 20.3 Å². The van der Waals surface area contributed by atoms with Crippen LogP contribution >= 0.6 is 0 Å². The lowest BCUT2D eigenvalue weighted by atomic mass is 10.1. The van der Waals surface area contributed by atoms with Gasteiger partial charge in [-0.05, 0) is 24.9 Å². The molecule has 0 aliphatic rings. The van der Waals surface area contributed by atoms with Crippen molar-refractivity contribution in [2.24, 2.45) is 5.92 Å². The van der Waals surface area contributed by atoms with E-state index in [0.717, 1.165) is 24.7 Å². The Morgan fingerprint density at radius 2 is 2.46 bits per heavy atom. The molecule has 1 aromatic rings. The zero-order chi connectivity index (χ0) is 9.52. The van der Waals surface area contributed by atoms with Crippen molar-refractivity contribution in [1.29, 1.82) is 0 Å². The van der Waals surface area contributed by atoms with Gasteiger partial charge in [-0.3, -0.25) is 5.10 Å². The molecule has 0 radical (unpaired) electrons. The average Bonchev–Trinajstić information content (AvgIpc) is 2.57. The summed E-state index contributed by atoms with van der Waals surface area (Å²) in [6.07, 6.45) is 4.36. The Morgan fingerprint density at radius 3 is 3.08 bits per heavy atom. The number of rotatable bonds is 6. The fourth-order valence-corrected chi connectivity index (χ4v) is 1.43. The molecule has 1 heterocycles. The molecule has 0 aromatic carbocycles. The summed E-state index contributed by atoms with van der Waals surface area (Å²) in [5.41, 5.74) is 1.16. The van der Waals surface area contributed by atoms with Crippen LogP contribution < -0.4 is 5.32 Å². The molecule has 1 rings (SSSR count). The van der Waals surface area contributed by atoms with Gasteiger partial charge in [0.15, 0.2) is 0 Å². The third-order valence-electron chi connectivity index (χ3n) is 2.15. The van der Waals surface area contributed by atoms with Gasteiger partial charge in [0.25, 0.3) is 0 Å².